The fourth-order valence-corrected chi connectivity index (χ4v) is 8.34. The summed E-state index contributed by atoms with van der Waals surface area (Å²) in [5.74, 6) is 2.49. The lowest BCUT2D eigenvalue weighted by atomic mass is 9.91. The average molecular weight is 431 g/mol. The van der Waals surface area contributed by atoms with Crippen molar-refractivity contribution in [2.45, 2.75) is 88.2 Å². The van der Waals surface area contributed by atoms with Gasteiger partial charge in [0.1, 0.15) is 0 Å². The molecule has 1 aromatic rings. The van der Waals surface area contributed by atoms with Gasteiger partial charge in [-0.25, -0.2) is 8.42 Å². The maximum absolute atomic E-state index is 13.3. The molecule has 30 heavy (non-hydrogen) atoms. The second kappa shape index (κ2) is 8.82. The molecule has 2 unspecified atom stereocenters. The van der Waals surface area contributed by atoms with Crippen LogP contribution in [0.25, 0.3) is 0 Å². The van der Waals surface area contributed by atoms with Crippen LogP contribution >= 0.6 is 0 Å². The van der Waals surface area contributed by atoms with Gasteiger partial charge in [0.2, 0.25) is 10.0 Å². The Labute approximate surface area is 182 Å². The van der Waals surface area contributed by atoms with E-state index in [0.717, 1.165) is 56.0 Å². The van der Waals surface area contributed by atoms with Crippen molar-refractivity contribution in [3.63, 3.8) is 0 Å². The van der Waals surface area contributed by atoms with Gasteiger partial charge in [0.05, 0.1) is 10.9 Å². The summed E-state index contributed by atoms with van der Waals surface area (Å²) in [6.07, 6.45) is 13.7. The van der Waals surface area contributed by atoms with Crippen molar-refractivity contribution < 1.29 is 8.42 Å². The molecule has 0 radical (unpaired) electrons. The molecule has 4 aliphatic rings. The molecule has 0 aromatic heterocycles. The fraction of sp³-hybridized carbons (Fsp3) is 0.760. The predicted molar refractivity (Wildman–Crippen MR) is 124 cm³/mol. The van der Waals surface area contributed by atoms with Crippen molar-refractivity contribution in [1.29, 1.82) is 0 Å². The van der Waals surface area contributed by atoms with Gasteiger partial charge >= 0.3 is 0 Å². The molecule has 2 aliphatic carbocycles. The molecule has 2 aliphatic heterocycles. The smallest absolute Gasteiger partial charge is 0.238 e. The van der Waals surface area contributed by atoms with Crippen molar-refractivity contribution in [3.8, 4) is 0 Å². The second-order valence-electron chi connectivity index (χ2n) is 10.2. The Bertz CT molecular complexity index is 841. The largest absolute Gasteiger partial charge is 0.317 e. The summed E-state index contributed by atoms with van der Waals surface area (Å²) in [7, 11) is -3.22. The van der Waals surface area contributed by atoms with E-state index >= 15 is 0 Å². The number of nitrogens with zero attached hydrogens (tertiary/aromatic N) is 1. The number of aryl methyl sites for hydroxylation is 1. The van der Waals surface area contributed by atoms with E-state index in [-0.39, 0.29) is 5.25 Å². The molecular weight excluding hydrogens is 392 g/mol. The van der Waals surface area contributed by atoms with Crippen LogP contribution in [0.15, 0.2) is 18.2 Å². The Hall–Kier alpha value is -1.07. The minimum atomic E-state index is -3.22. The molecule has 2 atom stereocenters. The normalized spacial score (nSPS) is 28.3. The van der Waals surface area contributed by atoms with E-state index in [1.807, 2.05) is 0 Å². The van der Waals surface area contributed by atoms with Crippen molar-refractivity contribution >= 4 is 15.7 Å². The SMILES string of the molecule is O=S(=O)(C1CCCCC1)N1CCCc2cc(C3CC3CCC3CCNCC3)ccc21. The van der Waals surface area contributed by atoms with Crippen LogP contribution in [0.2, 0.25) is 0 Å². The first-order chi connectivity index (χ1) is 14.6. The van der Waals surface area contributed by atoms with Crippen LogP contribution in [0.3, 0.4) is 0 Å². The highest BCUT2D eigenvalue weighted by molar-refractivity contribution is 7.93. The Morgan fingerprint density at radius 2 is 1.77 bits per heavy atom. The molecule has 1 saturated heterocycles. The molecule has 166 valence electrons. The molecule has 1 aromatic carbocycles. The van der Waals surface area contributed by atoms with E-state index < -0.39 is 10.0 Å². The van der Waals surface area contributed by atoms with Gasteiger partial charge < -0.3 is 5.32 Å². The second-order valence-corrected chi connectivity index (χ2v) is 12.4. The van der Waals surface area contributed by atoms with Gasteiger partial charge in [-0.1, -0.05) is 37.8 Å². The van der Waals surface area contributed by atoms with Gasteiger partial charge in [-0.2, -0.15) is 0 Å². The lowest BCUT2D eigenvalue weighted by molar-refractivity contribution is 0.340. The molecule has 1 N–H and O–H groups in total. The third-order valence-electron chi connectivity index (χ3n) is 8.22. The standard InChI is InChI=1S/C25H38N2O2S/c28-30(29,23-6-2-1-3-7-23)27-16-4-5-22-17-20(10-11-25(22)27)24-18-21(24)9-8-19-12-14-26-15-13-19/h10-11,17,19,21,23-24,26H,1-9,12-16,18H2. The zero-order valence-electron chi connectivity index (χ0n) is 18.3. The van der Waals surface area contributed by atoms with E-state index in [1.54, 1.807) is 4.31 Å². The maximum atomic E-state index is 13.3. The number of rotatable bonds is 6. The third-order valence-corrected chi connectivity index (χ3v) is 10.5. The van der Waals surface area contributed by atoms with Crippen LogP contribution in [-0.2, 0) is 16.4 Å². The molecule has 2 heterocycles. The number of hydrogen-bond donors (Lipinski definition) is 1. The van der Waals surface area contributed by atoms with Crippen LogP contribution in [0.1, 0.15) is 87.7 Å². The zero-order valence-corrected chi connectivity index (χ0v) is 19.1. The highest BCUT2D eigenvalue weighted by Crippen LogP contribution is 2.51. The van der Waals surface area contributed by atoms with Crippen molar-refractivity contribution in [2.75, 3.05) is 23.9 Å². The molecular formula is C25H38N2O2S. The third kappa shape index (κ3) is 4.29. The van der Waals surface area contributed by atoms with Crippen LogP contribution in [0.4, 0.5) is 5.69 Å². The Morgan fingerprint density at radius 3 is 2.57 bits per heavy atom. The summed E-state index contributed by atoms with van der Waals surface area (Å²) < 4.78 is 28.5. The predicted octanol–water partition coefficient (Wildman–Crippen LogP) is 4.99. The van der Waals surface area contributed by atoms with E-state index in [2.05, 4.69) is 23.5 Å². The molecule has 2 saturated carbocycles. The molecule has 5 heteroatoms. The fourth-order valence-electron chi connectivity index (χ4n) is 6.22. The van der Waals surface area contributed by atoms with Crippen LogP contribution in [0.5, 0.6) is 0 Å². The van der Waals surface area contributed by atoms with Gasteiger partial charge in [0.25, 0.3) is 0 Å². The number of sulfonamides is 1. The topological polar surface area (TPSA) is 49.4 Å². The van der Waals surface area contributed by atoms with Gasteiger partial charge in [-0.15, -0.1) is 0 Å². The van der Waals surface area contributed by atoms with E-state index in [0.29, 0.717) is 12.5 Å². The molecule has 0 bridgehead atoms. The van der Waals surface area contributed by atoms with Crippen LogP contribution in [-0.4, -0.2) is 33.3 Å². The van der Waals surface area contributed by atoms with Crippen molar-refractivity contribution in [3.05, 3.63) is 29.3 Å². The Balaban J connectivity index is 1.25. The average Bonchev–Trinajstić information content (AvgIpc) is 3.58. The lowest BCUT2D eigenvalue weighted by Gasteiger charge is -2.35. The minimum absolute atomic E-state index is 0.167. The zero-order chi connectivity index (χ0) is 20.6. The minimum Gasteiger partial charge on any atom is -0.317 e. The highest BCUT2D eigenvalue weighted by Gasteiger charge is 2.40. The van der Waals surface area contributed by atoms with Crippen LogP contribution < -0.4 is 9.62 Å². The Kier molecular flexibility index (Phi) is 6.12. The lowest BCUT2D eigenvalue weighted by Crippen LogP contribution is -2.42. The van der Waals surface area contributed by atoms with Crippen molar-refractivity contribution in [1.82, 2.24) is 5.32 Å². The van der Waals surface area contributed by atoms with Crippen LogP contribution in [0, 0.1) is 11.8 Å². The highest BCUT2D eigenvalue weighted by atomic mass is 32.2. The summed E-state index contributed by atoms with van der Waals surface area (Å²) in [6, 6.07) is 6.72. The summed E-state index contributed by atoms with van der Waals surface area (Å²) in [5, 5.41) is 3.30. The number of anilines is 1. The molecule has 3 fully saturated rings. The summed E-state index contributed by atoms with van der Waals surface area (Å²) >= 11 is 0. The van der Waals surface area contributed by atoms with Gasteiger partial charge in [0, 0.05) is 6.54 Å². The molecule has 5 rings (SSSR count). The first-order valence-electron chi connectivity index (χ1n) is 12.5. The number of hydrogen-bond acceptors (Lipinski definition) is 3. The number of piperidine rings is 1. The van der Waals surface area contributed by atoms with E-state index in [1.165, 1.54) is 62.7 Å². The van der Waals surface area contributed by atoms with Gasteiger partial charge in [0.15, 0.2) is 0 Å². The van der Waals surface area contributed by atoms with Gasteiger partial charge in [-0.3, -0.25) is 4.31 Å². The summed E-state index contributed by atoms with van der Waals surface area (Å²) in [4.78, 5) is 0. The first kappa shape index (κ1) is 20.8. The Morgan fingerprint density at radius 1 is 0.967 bits per heavy atom. The van der Waals surface area contributed by atoms with Crippen molar-refractivity contribution in [2.24, 2.45) is 11.8 Å². The maximum Gasteiger partial charge on any atom is 0.238 e. The van der Waals surface area contributed by atoms with Gasteiger partial charge in [-0.05, 0) is 99.4 Å². The molecule has 0 amide bonds. The summed E-state index contributed by atoms with van der Waals surface area (Å²) in [6.45, 7) is 3.06. The summed E-state index contributed by atoms with van der Waals surface area (Å²) in [5.41, 5.74) is 3.70. The number of nitrogens with one attached hydrogen (secondary N) is 1. The van der Waals surface area contributed by atoms with E-state index in [4.69, 9.17) is 0 Å². The van der Waals surface area contributed by atoms with E-state index in [9.17, 15) is 8.42 Å². The molecule has 4 nitrogen and oxygen atoms in total. The quantitative estimate of drug-likeness (QED) is 0.692. The number of fused-ring (bicyclic) bond motifs is 1. The monoisotopic (exact) mass is 430 g/mol. The first-order valence-corrected chi connectivity index (χ1v) is 14.0. The molecule has 0 spiro atoms. The number of benzene rings is 1.